The molecule has 8 heteroatoms. The fourth-order valence-electron chi connectivity index (χ4n) is 3.30. The zero-order valence-corrected chi connectivity index (χ0v) is 18.3. The van der Waals surface area contributed by atoms with Crippen molar-refractivity contribution < 1.29 is 8.42 Å². The summed E-state index contributed by atoms with van der Waals surface area (Å²) in [6.07, 6.45) is 5.30. The third-order valence-corrected chi connectivity index (χ3v) is 8.00. The lowest BCUT2D eigenvalue weighted by Gasteiger charge is -2.26. The second-order valence-corrected chi connectivity index (χ2v) is 10.3. The number of sulfonamides is 1. The second kappa shape index (κ2) is 9.22. The van der Waals surface area contributed by atoms with Gasteiger partial charge in [0.2, 0.25) is 0 Å². The molecule has 0 aliphatic rings. The van der Waals surface area contributed by atoms with Crippen LogP contribution in [0.25, 0.3) is 0 Å². The lowest BCUT2D eigenvalue weighted by Crippen LogP contribution is -2.35. The molecule has 28 heavy (non-hydrogen) atoms. The van der Waals surface area contributed by atoms with E-state index in [4.69, 9.17) is 11.6 Å². The highest BCUT2D eigenvalue weighted by Gasteiger charge is 2.30. The summed E-state index contributed by atoms with van der Waals surface area (Å²) in [5, 5.41) is 0. The number of halogens is 1. The molecule has 0 radical (unpaired) electrons. The number of nitrogens with zero attached hydrogens (tertiary/aromatic N) is 2. The van der Waals surface area contributed by atoms with Gasteiger partial charge in [-0.05, 0) is 23.6 Å². The summed E-state index contributed by atoms with van der Waals surface area (Å²) in [6, 6.07) is 12.8. The van der Waals surface area contributed by atoms with Gasteiger partial charge in [-0.15, -0.1) is 11.3 Å². The highest BCUT2D eigenvalue weighted by molar-refractivity contribution is 7.91. The van der Waals surface area contributed by atoms with Crippen molar-refractivity contribution in [1.82, 2.24) is 14.3 Å². The summed E-state index contributed by atoms with van der Waals surface area (Å²) < 4.78 is 31.5. The van der Waals surface area contributed by atoms with Crippen LogP contribution in [0.4, 0.5) is 0 Å². The van der Waals surface area contributed by atoms with E-state index in [2.05, 4.69) is 23.6 Å². The highest BCUT2D eigenvalue weighted by Crippen LogP contribution is 2.31. The fraction of sp³-hybridized carbons (Fsp3) is 0.350. The van der Waals surface area contributed by atoms with Gasteiger partial charge >= 0.3 is 0 Å². The number of hydrogen-bond acceptors (Lipinski definition) is 4. The summed E-state index contributed by atoms with van der Waals surface area (Å²) in [5.74, 6) is 0.853. The average molecular weight is 438 g/mol. The monoisotopic (exact) mass is 437 g/mol. The standard InChI is InChI=1S/C20H24ClN3O2S2/c1-3-16(4-2)19(23-28(25,26)18-11-10-17(21)27-18)20-22-12-13-24(20)14-15-8-6-5-7-9-15/h5-13,16,19,23H,3-4,14H2,1-2H3. The van der Waals surface area contributed by atoms with Crippen LogP contribution in [0, 0.1) is 5.92 Å². The van der Waals surface area contributed by atoms with E-state index in [0.717, 1.165) is 35.6 Å². The molecule has 2 aromatic heterocycles. The van der Waals surface area contributed by atoms with Crippen LogP contribution in [0.1, 0.15) is 44.1 Å². The van der Waals surface area contributed by atoms with Crippen molar-refractivity contribution in [3.8, 4) is 0 Å². The fourth-order valence-corrected chi connectivity index (χ4v) is 6.06. The molecule has 1 aromatic carbocycles. The van der Waals surface area contributed by atoms with Crippen LogP contribution in [0.15, 0.2) is 59.1 Å². The van der Waals surface area contributed by atoms with Crippen molar-refractivity contribution >= 4 is 33.0 Å². The summed E-state index contributed by atoms with van der Waals surface area (Å²) in [4.78, 5) is 4.53. The molecular formula is C20H24ClN3O2S2. The topological polar surface area (TPSA) is 64.0 Å². The Morgan fingerprint density at radius 3 is 2.46 bits per heavy atom. The first kappa shape index (κ1) is 21.0. The SMILES string of the molecule is CCC(CC)C(NS(=O)(=O)c1ccc(Cl)s1)c1nccn1Cc1ccccc1. The van der Waals surface area contributed by atoms with Gasteiger partial charge in [-0.2, -0.15) is 4.72 Å². The minimum atomic E-state index is -3.69. The van der Waals surface area contributed by atoms with Crippen molar-refractivity contribution in [3.63, 3.8) is 0 Å². The van der Waals surface area contributed by atoms with Gasteiger partial charge in [-0.3, -0.25) is 0 Å². The van der Waals surface area contributed by atoms with Gasteiger partial charge in [0.25, 0.3) is 10.0 Å². The van der Waals surface area contributed by atoms with E-state index in [9.17, 15) is 8.42 Å². The van der Waals surface area contributed by atoms with Crippen LogP contribution in [0.3, 0.4) is 0 Å². The Kier molecular flexibility index (Phi) is 6.93. The number of rotatable bonds is 9. The van der Waals surface area contributed by atoms with Gasteiger partial charge in [0, 0.05) is 18.9 Å². The van der Waals surface area contributed by atoms with E-state index in [0.29, 0.717) is 10.9 Å². The predicted molar refractivity (Wildman–Crippen MR) is 114 cm³/mol. The Labute approximate surface area is 175 Å². The Morgan fingerprint density at radius 2 is 1.86 bits per heavy atom. The molecule has 1 N–H and O–H groups in total. The molecule has 0 saturated heterocycles. The van der Waals surface area contributed by atoms with E-state index >= 15 is 0 Å². The summed E-state index contributed by atoms with van der Waals surface area (Å²) >= 11 is 7.00. The van der Waals surface area contributed by atoms with Crippen LogP contribution in [-0.4, -0.2) is 18.0 Å². The zero-order chi connectivity index (χ0) is 20.1. The molecule has 0 saturated carbocycles. The smallest absolute Gasteiger partial charge is 0.250 e. The van der Waals surface area contributed by atoms with Crippen molar-refractivity contribution in [1.29, 1.82) is 0 Å². The van der Waals surface area contributed by atoms with Crippen LogP contribution in [0.5, 0.6) is 0 Å². The summed E-state index contributed by atoms with van der Waals surface area (Å²) in [5.41, 5.74) is 1.14. The molecule has 150 valence electrons. The normalized spacial score (nSPS) is 13.1. The van der Waals surface area contributed by atoms with Gasteiger partial charge < -0.3 is 4.57 Å². The molecule has 3 rings (SSSR count). The van der Waals surface area contributed by atoms with E-state index in [-0.39, 0.29) is 10.1 Å². The largest absolute Gasteiger partial charge is 0.329 e. The maximum atomic E-state index is 13.0. The van der Waals surface area contributed by atoms with Crippen molar-refractivity contribution in [2.75, 3.05) is 0 Å². The van der Waals surface area contributed by atoms with Crippen LogP contribution in [0.2, 0.25) is 4.34 Å². The second-order valence-electron chi connectivity index (χ2n) is 6.63. The maximum Gasteiger partial charge on any atom is 0.250 e. The number of nitrogens with one attached hydrogen (secondary N) is 1. The van der Waals surface area contributed by atoms with Crippen molar-refractivity contribution in [2.24, 2.45) is 5.92 Å². The molecule has 0 aliphatic heterocycles. The number of hydrogen-bond donors (Lipinski definition) is 1. The molecule has 5 nitrogen and oxygen atoms in total. The molecule has 2 heterocycles. The predicted octanol–water partition coefficient (Wildman–Crippen LogP) is 5.10. The first-order valence-electron chi connectivity index (χ1n) is 9.27. The molecule has 3 aromatic rings. The highest BCUT2D eigenvalue weighted by atomic mass is 35.5. The molecule has 0 spiro atoms. The lowest BCUT2D eigenvalue weighted by atomic mass is 9.94. The van der Waals surface area contributed by atoms with E-state index in [1.807, 2.05) is 41.1 Å². The van der Waals surface area contributed by atoms with Gasteiger partial charge in [0.05, 0.1) is 10.4 Å². The average Bonchev–Trinajstić information content (AvgIpc) is 3.32. The van der Waals surface area contributed by atoms with E-state index in [1.54, 1.807) is 12.3 Å². The third kappa shape index (κ3) is 4.84. The Hall–Kier alpha value is -1.67. The number of aromatic nitrogens is 2. The Bertz CT molecular complexity index is 995. The summed E-state index contributed by atoms with van der Waals surface area (Å²) in [6.45, 7) is 4.78. The van der Waals surface area contributed by atoms with Crippen LogP contribution >= 0.6 is 22.9 Å². The zero-order valence-electron chi connectivity index (χ0n) is 15.9. The minimum Gasteiger partial charge on any atom is -0.329 e. The van der Waals surface area contributed by atoms with Gasteiger partial charge in [-0.25, -0.2) is 13.4 Å². The molecule has 0 bridgehead atoms. The van der Waals surface area contributed by atoms with E-state index < -0.39 is 16.1 Å². The number of benzene rings is 1. The summed E-state index contributed by atoms with van der Waals surface area (Å²) in [7, 11) is -3.69. The van der Waals surface area contributed by atoms with Crippen molar-refractivity contribution in [2.45, 2.75) is 43.5 Å². The number of thiophene rings is 1. The quantitative estimate of drug-likeness (QED) is 0.506. The van der Waals surface area contributed by atoms with Crippen LogP contribution in [-0.2, 0) is 16.6 Å². The van der Waals surface area contributed by atoms with Crippen LogP contribution < -0.4 is 4.72 Å². The number of imidazole rings is 1. The first-order chi connectivity index (χ1) is 13.4. The van der Waals surface area contributed by atoms with Crippen molar-refractivity contribution in [3.05, 3.63) is 70.6 Å². The van der Waals surface area contributed by atoms with Gasteiger partial charge in [0.15, 0.2) is 0 Å². The molecule has 0 amide bonds. The molecular weight excluding hydrogens is 414 g/mol. The Balaban J connectivity index is 1.94. The lowest BCUT2D eigenvalue weighted by molar-refractivity contribution is 0.357. The molecule has 1 unspecified atom stereocenters. The third-order valence-electron chi connectivity index (χ3n) is 4.84. The maximum absolute atomic E-state index is 13.0. The Morgan fingerprint density at radius 1 is 1.14 bits per heavy atom. The van der Waals surface area contributed by atoms with Gasteiger partial charge in [0.1, 0.15) is 10.0 Å². The minimum absolute atomic E-state index is 0.127. The van der Waals surface area contributed by atoms with Gasteiger partial charge in [-0.1, -0.05) is 68.6 Å². The van der Waals surface area contributed by atoms with E-state index in [1.165, 1.54) is 6.07 Å². The molecule has 1 atom stereocenters. The molecule has 0 fully saturated rings. The first-order valence-corrected chi connectivity index (χ1v) is 11.9. The molecule has 0 aliphatic carbocycles.